The first kappa shape index (κ1) is 24.2. The van der Waals surface area contributed by atoms with Crippen LogP contribution in [-0.2, 0) is 19.2 Å². The number of nitrogens with one attached hydrogen (secondary N) is 1. The van der Waals surface area contributed by atoms with E-state index in [0.717, 1.165) is 0 Å². The number of carbonyl (C=O) groups excluding carboxylic acids is 1. The molecule has 0 spiro atoms. The number of carboxylic acids is 4. The summed E-state index contributed by atoms with van der Waals surface area (Å²) in [5.74, 6) is -4.91. The second-order valence-electron chi connectivity index (χ2n) is 3.28. The molecule has 1 atom stereocenters. The molecule has 21 heavy (non-hydrogen) atoms. The number of carbonyl (C=O) groups is 5. The Morgan fingerprint density at radius 2 is 1.29 bits per heavy atom. The minimum atomic E-state index is -1.47. The van der Waals surface area contributed by atoms with Gasteiger partial charge in [-0.15, -0.1) is 0 Å². The van der Waals surface area contributed by atoms with Crippen LogP contribution < -0.4 is 40.6 Å². The van der Waals surface area contributed by atoms with E-state index in [1.807, 2.05) is 0 Å². The summed E-state index contributed by atoms with van der Waals surface area (Å²) in [5.41, 5.74) is 4.60. The molecule has 2 amide bonds. The minimum Gasteiger partial charge on any atom is -1.00 e. The van der Waals surface area contributed by atoms with Crippen LogP contribution in [0.3, 0.4) is 0 Å². The van der Waals surface area contributed by atoms with Gasteiger partial charge in [0.1, 0.15) is 6.04 Å². The zero-order chi connectivity index (χ0) is 16.3. The van der Waals surface area contributed by atoms with E-state index in [4.69, 9.17) is 20.4 Å². The maximum Gasteiger partial charge on any atom is 1.00 e. The number of hydrogen-bond acceptors (Lipinski definition) is 5. The molecule has 0 saturated carbocycles. The maximum atomic E-state index is 10.2. The summed E-state index contributed by atoms with van der Waals surface area (Å²) >= 11 is 0. The van der Waals surface area contributed by atoms with Crippen molar-refractivity contribution in [1.82, 2.24) is 5.32 Å². The van der Waals surface area contributed by atoms with E-state index >= 15 is 0 Å². The van der Waals surface area contributed by atoms with E-state index in [9.17, 15) is 24.0 Å². The van der Waals surface area contributed by atoms with Crippen LogP contribution in [-0.4, -0.2) is 56.4 Å². The van der Waals surface area contributed by atoms with Gasteiger partial charge in [-0.2, -0.15) is 0 Å². The Bertz CT molecular complexity index is 375. The predicted octanol–water partition coefficient (Wildman–Crippen LogP) is -4.37. The van der Waals surface area contributed by atoms with Crippen molar-refractivity contribution in [2.24, 2.45) is 5.73 Å². The van der Waals surface area contributed by atoms with E-state index in [1.165, 1.54) is 0 Å². The van der Waals surface area contributed by atoms with Gasteiger partial charge in [-0.25, -0.2) is 9.59 Å². The summed E-state index contributed by atoms with van der Waals surface area (Å²) in [7, 11) is 0. The van der Waals surface area contributed by atoms with Crippen molar-refractivity contribution in [2.75, 3.05) is 0 Å². The van der Waals surface area contributed by atoms with Gasteiger partial charge < -0.3 is 32.9 Å². The fourth-order valence-electron chi connectivity index (χ4n) is 0.760. The number of hydrogen-bond donors (Lipinski definition) is 6. The number of carboxylic acid groups (broad SMARTS) is 4. The summed E-state index contributed by atoms with van der Waals surface area (Å²) in [6.07, 6.45) is -1.29. The zero-order valence-electron chi connectivity index (χ0n) is 12.1. The molecule has 1 unspecified atom stereocenters. The van der Waals surface area contributed by atoms with Gasteiger partial charge in [0.25, 0.3) is 0 Å². The fourth-order valence-corrected chi connectivity index (χ4v) is 0.760. The summed E-state index contributed by atoms with van der Waals surface area (Å²) in [4.78, 5) is 49.7. The molecule has 0 radical (unpaired) electrons. The third-order valence-electron chi connectivity index (χ3n) is 1.55. The molecule has 0 aliphatic rings. The van der Waals surface area contributed by atoms with Gasteiger partial charge in [-0.05, 0) is 0 Å². The summed E-state index contributed by atoms with van der Waals surface area (Å²) in [6, 6.07) is -2.54. The Labute approximate surface area is 141 Å². The standard InChI is InChI=1S/C5H8N2O5.C4H6O4.Na.H/c6-5(12)7-2(4(10)11)1-3(8)9;5-3(6)1-2-4(7)8;;/h2H,1H2,(H,8,9)(H,10,11)(H3,6,7,12);1-2H2,(H,5,6)(H,7,8);;/q;;+1;-1. The smallest absolute Gasteiger partial charge is 1.00 e. The average Bonchev–Trinajstić information content (AvgIpc) is 2.25. The molecule has 0 aromatic carbocycles. The van der Waals surface area contributed by atoms with Crippen LogP contribution in [0, 0.1) is 0 Å². The van der Waals surface area contributed by atoms with Crippen LogP contribution in [0.25, 0.3) is 0 Å². The van der Waals surface area contributed by atoms with Crippen molar-refractivity contribution < 1.29 is 75.4 Å². The van der Waals surface area contributed by atoms with E-state index in [1.54, 1.807) is 5.32 Å². The Morgan fingerprint density at radius 1 is 0.905 bits per heavy atom. The number of urea groups is 1. The van der Waals surface area contributed by atoms with Crippen LogP contribution in [0.5, 0.6) is 0 Å². The van der Waals surface area contributed by atoms with Crippen molar-refractivity contribution in [3.8, 4) is 0 Å². The van der Waals surface area contributed by atoms with Gasteiger partial charge in [0.05, 0.1) is 19.3 Å². The SMILES string of the molecule is NC(=O)NC(CC(=O)O)C(=O)O.O=C(O)CCC(=O)O.[H-].[Na+]. The van der Waals surface area contributed by atoms with Crippen molar-refractivity contribution in [3.63, 3.8) is 0 Å². The third kappa shape index (κ3) is 20.6. The minimum absolute atomic E-state index is 0. The normalized spacial score (nSPS) is 9.90. The van der Waals surface area contributed by atoms with Crippen LogP contribution in [0.15, 0.2) is 0 Å². The molecule has 0 fully saturated rings. The first-order valence-corrected chi connectivity index (χ1v) is 5.00. The second kappa shape index (κ2) is 13.1. The molecule has 0 aliphatic carbocycles. The van der Waals surface area contributed by atoms with Crippen molar-refractivity contribution >= 4 is 29.9 Å². The molecular formula is C9H15N2NaO9. The molecule has 0 heterocycles. The molecule has 0 aromatic rings. The molecule has 0 aliphatic heterocycles. The fraction of sp³-hybridized carbons (Fsp3) is 0.444. The Balaban J connectivity index is -0.000000144. The van der Waals surface area contributed by atoms with Crippen LogP contribution in [0.2, 0.25) is 0 Å². The number of amides is 2. The van der Waals surface area contributed by atoms with Crippen LogP contribution in [0.4, 0.5) is 4.79 Å². The molecule has 116 valence electrons. The second-order valence-corrected chi connectivity index (χ2v) is 3.28. The molecule has 7 N–H and O–H groups in total. The van der Waals surface area contributed by atoms with Gasteiger partial charge in [0.2, 0.25) is 0 Å². The summed E-state index contributed by atoms with van der Waals surface area (Å²) < 4.78 is 0. The molecule has 0 saturated heterocycles. The maximum absolute atomic E-state index is 10.2. The van der Waals surface area contributed by atoms with Crippen molar-refractivity contribution in [1.29, 1.82) is 0 Å². The number of nitrogens with two attached hydrogens (primary N) is 1. The summed E-state index contributed by atoms with van der Waals surface area (Å²) in [5, 5.41) is 34.1. The first-order chi connectivity index (χ1) is 9.06. The number of primary amides is 1. The van der Waals surface area contributed by atoms with E-state index in [-0.39, 0.29) is 43.8 Å². The van der Waals surface area contributed by atoms with Gasteiger partial charge in [0, 0.05) is 0 Å². The molecule has 0 rings (SSSR count). The van der Waals surface area contributed by atoms with Crippen LogP contribution in [0.1, 0.15) is 20.7 Å². The Kier molecular flexibility index (Phi) is 15.1. The third-order valence-corrected chi connectivity index (χ3v) is 1.55. The Hall–Kier alpha value is -1.85. The van der Waals surface area contributed by atoms with Crippen LogP contribution >= 0.6 is 0 Å². The van der Waals surface area contributed by atoms with Crippen molar-refractivity contribution in [2.45, 2.75) is 25.3 Å². The average molecular weight is 318 g/mol. The summed E-state index contributed by atoms with van der Waals surface area (Å²) in [6.45, 7) is 0. The monoisotopic (exact) mass is 318 g/mol. The number of rotatable bonds is 7. The van der Waals surface area contributed by atoms with E-state index in [0.29, 0.717) is 0 Å². The number of aliphatic carboxylic acids is 4. The molecular weight excluding hydrogens is 303 g/mol. The van der Waals surface area contributed by atoms with Crippen molar-refractivity contribution in [3.05, 3.63) is 0 Å². The molecule has 0 bridgehead atoms. The molecule has 11 nitrogen and oxygen atoms in total. The molecule has 12 heteroatoms. The quantitative estimate of drug-likeness (QED) is 0.250. The van der Waals surface area contributed by atoms with E-state index in [2.05, 4.69) is 5.73 Å². The largest absolute Gasteiger partial charge is 1.00 e. The van der Waals surface area contributed by atoms with Gasteiger partial charge >= 0.3 is 59.5 Å². The van der Waals surface area contributed by atoms with Gasteiger partial charge in [-0.3, -0.25) is 14.4 Å². The van der Waals surface area contributed by atoms with Gasteiger partial charge in [-0.1, -0.05) is 0 Å². The van der Waals surface area contributed by atoms with Gasteiger partial charge in [0.15, 0.2) is 0 Å². The molecule has 0 aromatic heterocycles. The Morgan fingerprint density at radius 3 is 1.48 bits per heavy atom. The zero-order valence-corrected chi connectivity index (χ0v) is 13.1. The van der Waals surface area contributed by atoms with E-state index < -0.39 is 42.4 Å². The topological polar surface area (TPSA) is 204 Å². The first-order valence-electron chi connectivity index (χ1n) is 5.00. The predicted molar refractivity (Wildman–Crippen MR) is 62.0 cm³/mol.